The Bertz CT molecular complexity index is 479. The van der Waals surface area contributed by atoms with E-state index in [1.807, 2.05) is 6.92 Å². The Morgan fingerprint density at radius 3 is 2.70 bits per heavy atom. The molecule has 6 nitrogen and oxygen atoms in total. The molecule has 0 aliphatic heterocycles. The monoisotopic (exact) mass is 299 g/mol. The van der Waals surface area contributed by atoms with Gasteiger partial charge in [0.2, 0.25) is 5.89 Å². The first kappa shape index (κ1) is 16.6. The Balaban J connectivity index is 2.53. The maximum atomic E-state index is 11.6. The van der Waals surface area contributed by atoms with Crippen LogP contribution in [0.25, 0.3) is 0 Å². The number of hydrogen-bond acceptors (Lipinski definition) is 6. The van der Waals surface area contributed by atoms with Gasteiger partial charge >= 0.3 is 6.09 Å². The van der Waals surface area contributed by atoms with Gasteiger partial charge in [-0.25, -0.2) is 4.79 Å². The zero-order valence-corrected chi connectivity index (χ0v) is 13.3. The van der Waals surface area contributed by atoms with Crippen molar-refractivity contribution >= 4 is 17.9 Å². The maximum Gasteiger partial charge on any atom is 0.408 e. The molecule has 0 radical (unpaired) electrons. The number of nitrogens with zero attached hydrogens (tertiary/aromatic N) is 2. The van der Waals surface area contributed by atoms with Crippen molar-refractivity contribution in [1.29, 1.82) is 0 Å². The fourth-order valence-electron chi connectivity index (χ4n) is 1.18. The van der Waals surface area contributed by atoms with Gasteiger partial charge in [-0.05, 0) is 34.6 Å². The summed E-state index contributed by atoms with van der Waals surface area (Å²) >= 11 is 1.41. The van der Waals surface area contributed by atoms with E-state index in [1.54, 1.807) is 27.7 Å². The molecular weight excluding hydrogens is 278 g/mol. The second-order valence-electron chi connectivity index (χ2n) is 5.52. The molecule has 0 aromatic carbocycles. The molecule has 0 aliphatic rings. The molecule has 20 heavy (non-hydrogen) atoms. The van der Waals surface area contributed by atoms with E-state index in [9.17, 15) is 4.79 Å². The minimum Gasteiger partial charge on any atom is -0.444 e. The van der Waals surface area contributed by atoms with Gasteiger partial charge in [-0.15, -0.1) is 10.2 Å². The summed E-state index contributed by atoms with van der Waals surface area (Å²) < 4.78 is 10.6. The molecule has 1 N–H and O–H groups in total. The summed E-state index contributed by atoms with van der Waals surface area (Å²) in [5.41, 5.74) is 0.482. The topological polar surface area (TPSA) is 77.2 Å². The third-order valence-electron chi connectivity index (χ3n) is 1.97. The highest BCUT2D eigenvalue weighted by Gasteiger charge is 2.21. The molecule has 0 saturated carbocycles. The van der Waals surface area contributed by atoms with E-state index in [2.05, 4.69) is 22.1 Å². The minimum absolute atomic E-state index is 0.347. The Hall–Kier alpha value is -1.50. The molecule has 0 spiro atoms. The molecule has 0 fully saturated rings. The summed E-state index contributed by atoms with van der Waals surface area (Å²) in [6.07, 6.45) is -0.515. The van der Waals surface area contributed by atoms with Crippen molar-refractivity contribution in [2.75, 3.05) is 5.75 Å². The van der Waals surface area contributed by atoms with E-state index in [1.165, 1.54) is 11.8 Å². The lowest BCUT2D eigenvalue weighted by molar-refractivity contribution is 0.0500. The fraction of sp³-hybridized carbons (Fsp3) is 0.615. The van der Waals surface area contributed by atoms with Crippen LogP contribution in [0, 0.1) is 0 Å². The van der Waals surface area contributed by atoms with Crippen LogP contribution in [0.5, 0.6) is 0 Å². The Kier molecular flexibility index (Phi) is 5.62. The van der Waals surface area contributed by atoms with Gasteiger partial charge in [-0.2, -0.15) is 0 Å². The number of aromatic nitrogens is 2. The van der Waals surface area contributed by atoms with Crippen LogP contribution in [0.1, 0.15) is 46.6 Å². The van der Waals surface area contributed by atoms with Gasteiger partial charge in [-0.3, -0.25) is 0 Å². The molecule has 0 bridgehead atoms. The van der Waals surface area contributed by atoms with Crippen LogP contribution >= 0.6 is 11.8 Å². The highest BCUT2D eigenvalue weighted by molar-refractivity contribution is 7.99. The molecule has 1 heterocycles. The Labute approximate surface area is 123 Å². The fourth-order valence-corrected chi connectivity index (χ4v) is 1.80. The average molecular weight is 299 g/mol. The predicted octanol–water partition coefficient (Wildman–Crippen LogP) is 3.32. The van der Waals surface area contributed by atoms with Crippen LogP contribution in [0.15, 0.2) is 21.8 Å². The summed E-state index contributed by atoms with van der Waals surface area (Å²) in [7, 11) is 0. The summed E-state index contributed by atoms with van der Waals surface area (Å²) in [6.45, 7) is 12.9. The van der Waals surface area contributed by atoms with Crippen LogP contribution in [-0.2, 0) is 4.74 Å². The molecule has 0 aliphatic carbocycles. The maximum absolute atomic E-state index is 11.6. The van der Waals surface area contributed by atoms with E-state index >= 15 is 0 Å². The third-order valence-corrected chi connectivity index (χ3v) is 3.02. The van der Waals surface area contributed by atoms with Gasteiger partial charge in [0, 0.05) is 5.75 Å². The van der Waals surface area contributed by atoms with Crippen LogP contribution in [0.3, 0.4) is 0 Å². The van der Waals surface area contributed by atoms with Crippen molar-refractivity contribution in [2.24, 2.45) is 0 Å². The van der Waals surface area contributed by atoms with Crippen molar-refractivity contribution in [3.8, 4) is 0 Å². The van der Waals surface area contributed by atoms with Crippen LogP contribution < -0.4 is 5.32 Å². The van der Waals surface area contributed by atoms with E-state index < -0.39 is 17.7 Å². The SMILES string of the molecule is C=C(C)CSc1nnc([C@H](C)NC(=O)OC(C)(C)C)o1. The minimum atomic E-state index is -0.541. The second kappa shape index (κ2) is 6.78. The second-order valence-corrected chi connectivity index (χ2v) is 6.45. The predicted molar refractivity (Wildman–Crippen MR) is 77.6 cm³/mol. The lowest BCUT2D eigenvalue weighted by atomic mass is 10.2. The van der Waals surface area contributed by atoms with Gasteiger partial charge in [0.15, 0.2) is 0 Å². The summed E-state index contributed by atoms with van der Waals surface area (Å²) in [6, 6.07) is -0.406. The van der Waals surface area contributed by atoms with Crippen LogP contribution in [-0.4, -0.2) is 27.6 Å². The normalized spacial score (nSPS) is 12.8. The first-order valence-corrected chi connectivity index (χ1v) is 7.26. The van der Waals surface area contributed by atoms with Gasteiger partial charge in [0.25, 0.3) is 5.22 Å². The largest absolute Gasteiger partial charge is 0.444 e. The number of amides is 1. The first-order chi connectivity index (χ1) is 9.17. The quantitative estimate of drug-likeness (QED) is 0.664. The van der Waals surface area contributed by atoms with Gasteiger partial charge in [0.05, 0.1) is 0 Å². The molecule has 112 valence electrons. The van der Waals surface area contributed by atoms with Crippen molar-refractivity contribution < 1.29 is 13.9 Å². The molecule has 0 saturated heterocycles. The molecule has 1 rings (SSSR count). The van der Waals surface area contributed by atoms with E-state index in [4.69, 9.17) is 9.15 Å². The number of ether oxygens (including phenoxy) is 1. The van der Waals surface area contributed by atoms with E-state index in [0.29, 0.717) is 11.1 Å². The zero-order valence-electron chi connectivity index (χ0n) is 12.5. The molecule has 1 aromatic rings. The van der Waals surface area contributed by atoms with Crippen LogP contribution in [0.4, 0.5) is 4.79 Å². The number of thioether (sulfide) groups is 1. The number of rotatable bonds is 5. The van der Waals surface area contributed by atoms with E-state index in [0.717, 1.165) is 11.3 Å². The number of alkyl carbamates (subject to hydrolysis) is 1. The Morgan fingerprint density at radius 2 is 2.15 bits per heavy atom. The summed E-state index contributed by atoms with van der Waals surface area (Å²) in [5.74, 6) is 1.07. The van der Waals surface area contributed by atoms with Gasteiger partial charge in [-0.1, -0.05) is 23.9 Å². The first-order valence-electron chi connectivity index (χ1n) is 6.27. The van der Waals surface area contributed by atoms with E-state index in [-0.39, 0.29) is 0 Å². The highest BCUT2D eigenvalue weighted by Crippen LogP contribution is 2.21. The van der Waals surface area contributed by atoms with Crippen molar-refractivity contribution in [3.63, 3.8) is 0 Å². The summed E-state index contributed by atoms with van der Waals surface area (Å²) in [4.78, 5) is 11.6. The van der Waals surface area contributed by atoms with Gasteiger partial charge < -0.3 is 14.5 Å². The molecular formula is C13H21N3O3S. The lowest BCUT2D eigenvalue weighted by Gasteiger charge is -2.20. The average Bonchev–Trinajstić information content (AvgIpc) is 2.71. The highest BCUT2D eigenvalue weighted by atomic mass is 32.2. The molecule has 1 atom stereocenters. The Morgan fingerprint density at radius 1 is 1.50 bits per heavy atom. The molecule has 1 amide bonds. The lowest BCUT2D eigenvalue weighted by Crippen LogP contribution is -2.34. The molecule has 7 heteroatoms. The van der Waals surface area contributed by atoms with Crippen LogP contribution in [0.2, 0.25) is 0 Å². The number of hydrogen-bond donors (Lipinski definition) is 1. The molecule has 1 aromatic heterocycles. The van der Waals surface area contributed by atoms with Crippen molar-refractivity contribution in [1.82, 2.24) is 15.5 Å². The van der Waals surface area contributed by atoms with Crippen molar-refractivity contribution in [2.45, 2.75) is 51.5 Å². The third kappa shape index (κ3) is 6.10. The van der Waals surface area contributed by atoms with Crippen molar-refractivity contribution in [3.05, 3.63) is 18.0 Å². The molecule has 0 unspecified atom stereocenters. The van der Waals surface area contributed by atoms with Gasteiger partial charge in [0.1, 0.15) is 11.6 Å². The number of nitrogens with one attached hydrogen (secondary N) is 1. The zero-order chi connectivity index (χ0) is 15.3. The number of carbonyl (C=O) groups excluding carboxylic acids is 1. The smallest absolute Gasteiger partial charge is 0.408 e. The number of carbonyl (C=O) groups is 1. The summed E-state index contributed by atoms with van der Waals surface area (Å²) in [5, 5.41) is 10.9. The standard InChI is InChI=1S/C13H21N3O3S/c1-8(2)7-20-12-16-15-10(18-12)9(3)14-11(17)19-13(4,5)6/h9H,1,7H2,2-6H3,(H,14,17)/t9-/m0/s1.